The van der Waals surface area contributed by atoms with Crippen molar-refractivity contribution in [3.8, 4) is 0 Å². The topological polar surface area (TPSA) is 114 Å². The maximum atomic E-state index is 13.7. The van der Waals surface area contributed by atoms with Gasteiger partial charge in [0, 0.05) is 17.6 Å². The summed E-state index contributed by atoms with van der Waals surface area (Å²) in [7, 11) is -2.69. The molecule has 2 aromatic rings. The van der Waals surface area contributed by atoms with Gasteiger partial charge in [-0.3, -0.25) is 10.1 Å². The van der Waals surface area contributed by atoms with Gasteiger partial charge in [-0.1, -0.05) is 48.5 Å². The van der Waals surface area contributed by atoms with Crippen LogP contribution in [0.5, 0.6) is 0 Å². The number of sulfone groups is 1. The second-order valence-electron chi connectivity index (χ2n) is 7.46. The van der Waals surface area contributed by atoms with Gasteiger partial charge >= 0.3 is 0 Å². The maximum Gasteiger partial charge on any atom is 0.212 e. The van der Waals surface area contributed by atoms with Crippen LogP contribution in [0, 0.1) is 16.0 Å². The highest BCUT2D eigenvalue weighted by molar-refractivity contribution is 7.92. The minimum absolute atomic E-state index is 0.0650. The second-order valence-corrected chi connectivity index (χ2v) is 9.56. The van der Waals surface area contributed by atoms with Crippen LogP contribution in [0.15, 0.2) is 65.6 Å². The quantitative estimate of drug-likeness (QED) is 0.487. The zero-order valence-corrected chi connectivity index (χ0v) is 17.6. The third-order valence-corrected chi connectivity index (χ3v) is 7.82. The third kappa shape index (κ3) is 4.35. The molecule has 0 saturated carbocycles. The van der Waals surface area contributed by atoms with Crippen LogP contribution < -0.4 is 0 Å². The molecule has 0 aliphatic carbocycles. The molecule has 0 spiro atoms. The van der Waals surface area contributed by atoms with Gasteiger partial charge < -0.3 is 18.9 Å². The first-order valence-electron chi connectivity index (χ1n) is 9.83. The number of nitrogens with zero attached hydrogens (tertiary/aromatic N) is 1. The van der Waals surface area contributed by atoms with E-state index in [9.17, 15) is 18.5 Å². The van der Waals surface area contributed by atoms with E-state index < -0.39 is 57.3 Å². The number of nitro groups is 1. The lowest BCUT2D eigenvalue weighted by molar-refractivity contribution is -0.498. The second kappa shape index (κ2) is 9.01. The van der Waals surface area contributed by atoms with E-state index in [0.717, 1.165) is 5.56 Å². The largest absolute Gasteiger partial charge is 0.355 e. The molecule has 0 radical (unpaired) electrons. The number of rotatable bonds is 6. The van der Waals surface area contributed by atoms with Crippen LogP contribution in [0.25, 0.3) is 0 Å². The van der Waals surface area contributed by atoms with E-state index in [0.29, 0.717) is 0 Å². The molecular weight excluding hydrogens is 426 g/mol. The van der Waals surface area contributed by atoms with E-state index in [2.05, 4.69) is 0 Å². The van der Waals surface area contributed by atoms with E-state index in [1.165, 1.54) is 19.2 Å². The van der Waals surface area contributed by atoms with E-state index in [-0.39, 0.29) is 11.5 Å². The van der Waals surface area contributed by atoms with Crippen molar-refractivity contribution in [1.29, 1.82) is 0 Å². The Balaban J connectivity index is 1.76. The lowest BCUT2D eigenvalue weighted by Gasteiger charge is -2.47. The zero-order valence-electron chi connectivity index (χ0n) is 16.8. The fourth-order valence-corrected chi connectivity index (χ4v) is 6.29. The number of hydrogen-bond acceptors (Lipinski definition) is 8. The molecule has 2 aromatic carbocycles. The fourth-order valence-electron chi connectivity index (χ4n) is 4.18. The Morgan fingerprint density at radius 2 is 1.71 bits per heavy atom. The molecule has 166 valence electrons. The summed E-state index contributed by atoms with van der Waals surface area (Å²) in [5, 5.41) is 10.2. The molecule has 2 saturated heterocycles. The molecule has 0 aromatic heterocycles. The van der Waals surface area contributed by atoms with Gasteiger partial charge in [-0.25, -0.2) is 8.42 Å². The molecule has 0 unspecified atom stereocenters. The first-order valence-corrected chi connectivity index (χ1v) is 11.4. The van der Waals surface area contributed by atoms with Crippen LogP contribution in [-0.4, -0.2) is 57.4 Å². The van der Waals surface area contributed by atoms with E-state index in [4.69, 9.17) is 18.9 Å². The molecule has 10 heteroatoms. The fraction of sp³-hybridized carbons (Fsp3) is 0.429. The molecule has 2 aliphatic heterocycles. The molecule has 9 nitrogen and oxygen atoms in total. The van der Waals surface area contributed by atoms with Crippen molar-refractivity contribution in [2.45, 2.75) is 34.9 Å². The molecule has 6 atom stereocenters. The van der Waals surface area contributed by atoms with Crippen molar-refractivity contribution in [2.24, 2.45) is 5.92 Å². The third-order valence-electron chi connectivity index (χ3n) is 5.56. The Kier molecular flexibility index (Phi) is 6.35. The summed E-state index contributed by atoms with van der Waals surface area (Å²) in [4.78, 5) is 10.9. The minimum Gasteiger partial charge on any atom is -0.355 e. The summed E-state index contributed by atoms with van der Waals surface area (Å²) >= 11 is 0. The van der Waals surface area contributed by atoms with Gasteiger partial charge in [0.2, 0.25) is 6.54 Å². The van der Waals surface area contributed by atoms with Gasteiger partial charge in [0.25, 0.3) is 0 Å². The predicted molar refractivity (Wildman–Crippen MR) is 108 cm³/mol. The SMILES string of the molecule is CO[C@H]1O[C@@H]2CO[C@@H](c3ccccc3)O[C@H]2[C@H](S(=O)(=O)c2ccccc2)[C@@H]1C[N+](=O)[O-]. The molecule has 0 amide bonds. The Morgan fingerprint density at radius 3 is 2.32 bits per heavy atom. The normalized spacial score (nSPS) is 31.0. The average Bonchev–Trinajstić information content (AvgIpc) is 2.79. The first kappa shape index (κ1) is 21.8. The molecule has 31 heavy (non-hydrogen) atoms. The van der Waals surface area contributed by atoms with E-state index in [1.54, 1.807) is 18.2 Å². The van der Waals surface area contributed by atoms with E-state index >= 15 is 0 Å². The van der Waals surface area contributed by atoms with Crippen LogP contribution in [-0.2, 0) is 28.8 Å². The number of fused-ring (bicyclic) bond motifs is 1. The molecule has 2 heterocycles. The standard InChI is InChI=1S/C21H23NO8S/c1-27-21-16(12-22(23)24)19(31(25,26)15-10-6-3-7-11-15)18-17(29-21)13-28-20(30-18)14-8-4-2-5-9-14/h2-11,16-21H,12-13H2,1H3/t16-,17+,18+,19+,20+,21-/m0/s1. The molecule has 4 rings (SSSR count). The summed E-state index contributed by atoms with van der Waals surface area (Å²) in [5.41, 5.74) is 0.719. The lowest BCUT2D eigenvalue weighted by Crippen LogP contribution is -2.63. The molecular formula is C21H23NO8S. The van der Waals surface area contributed by atoms with Crippen molar-refractivity contribution in [3.05, 3.63) is 76.3 Å². The Labute approximate surface area is 179 Å². The predicted octanol–water partition coefficient (Wildman–Crippen LogP) is 2.21. The summed E-state index contributed by atoms with van der Waals surface area (Å²) in [5.74, 6) is -1.07. The first-order chi connectivity index (χ1) is 14.9. The lowest BCUT2D eigenvalue weighted by atomic mass is 9.92. The number of hydrogen-bond donors (Lipinski definition) is 0. The average molecular weight is 449 g/mol. The summed E-state index contributed by atoms with van der Waals surface area (Å²) in [6.45, 7) is -0.575. The van der Waals surface area contributed by atoms with Crippen LogP contribution in [0.4, 0.5) is 0 Å². The zero-order chi connectivity index (χ0) is 22.0. The monoisotopic (exact) mass is 449 g/mol. The molecule has 0 N–H and O–H groups in total. The minimum atomic E-state index is -4.02. The van der Waals surface area contributed by atoms with Crippen molar-refractivity contribution < 1.29 is 32.3 Å². The number of methoxy groups -OCH3 is 1. The van der Waals surface area contributed by atoms with Gasteiger partial charge in [-0.05, 0) is 12.1 Å². The van der Waals surface area contributed by atoms with Crippen molar-refractivity contribution in [2.75, 3.05) is 20.3 Å². The van der Waals surface area contributed by atoms with Gasteiger partial charge in [0.1, 0.15) is 17.5 Å². The summed E-state index contributed by atoms with van der Waals surface area (Å²) < 4.78 is 50.4. The summed E-state index contributed by atoms with van der Waals surface area (Å²) in [6.07, 6.45) is -3.62. The Morgan fingerprint density at radius 1 is 1.06 bits per heavy atom. The highest BCUT2D eigenvalue weighted by Crippen LogP contribution is 2.41. The van der Waals surface area contributed by atoms with Crippen LogP contribution in [0.1, 0.15) is 11.9 Å². The van der Waals surface area contributed by atoms with Crippen LogP contribution >= 0.6 is 0 Å². The highest BCUT2D eigenvalue weighted by Gasteiger charge is 2.57. The molecule has 2 fully saturated rings. The van der Waals surface area contributed by atoms with Gasteiger partial charge in [-0.2, -0.15) is 0 Å². The summed E-state index contributed by atoms with van der Waals surface area (Å²) in [6, 6.07) is 17.0. The molecule has 2 aliphatic rings. The smallest absolute Gasteiger partial charge is 0.212 e. The van der Waals surface area contributed by atoms with Crippen molar-refractivity contribution in [3.63, 3.8) is 0 Å². The maximum absolute atomic E-state index is 13.7. The van der Waals surface area contributed by atoms with E-state index in [1.807, 2.05) is 30.3 Å². The van der Waals surface area contributed by atoms with Gasteiger partial charge in [-0.15, -0.1) is 0 Å². The Hall–Kier alpha value is -2.37. The van der Waals surface area contributed by atoms with Crippen LogP contribution in [0.3, 0.4) is 0 Å². The van der Waals surface area contributed by atoms with Gasteiger partial charge in [0.05, 0.1) is 17.4 Å². The van der Waals surface area contributed by atoms with Crippen molar-refractivity contribution in [1.82, 2.24) is 0 Å². The molecule has 0 bridgehead atoms. The highest BCUT2D eigenvalue weighted by atomic mass is 32.2. The van der Waals surface area contributed by atoms with Crippen molar-refractivity contribution >= 4 is 9.84 Å². The number of ether oxygens (including phenoxy) is 4. The Bertz CT molecular complexity index is 1000. The van der Waals surface area contributed by atoms with Gasteiger partial charge in [0.15, 0.2) is 22.4 Å². The van der Waals surface area contributed by atoms with Crippen LogP contribution in [0.2, 0.25) is 0 Å². The number of benzene rings is 2.